The Kier molecular flexibility index (Phi) is 5.00. The van der Waals surface area contributed by atoms with E-state index < -0.39 is 22.0 Å². The van der Waals surface area contributed by atoms with Crippen molar-refractivity contribution in [2.45, 2.75) is 17.9 Å². The normalized spacial score (nSPS) is 12.3. The zero-order chi connectivity index (χ0) is 14.5. The molecule has 0 fully saturated rings. The molecule has 102 valence electrons. The van der Waals surface area contributed by atoms with Crippen LogP contribution in [0, 0.1) is 11.8 Å². The van der Waals surface area contributed by atoms with Gasteiger partial charge in [0.15, 0.2) is 0 Å². The number of pyridine rings is 1. The minimum absolute atomic E-state index is 0.134. The maximum absolute atomic E-state index is 11.9. The van der Waals surface area contributed by atoms with Crippen LogP contribution in [-0.4, -0.2) is 37.1 Å². The fraction of sp³-hybridized carbons (Fsp3) is 0.273. The SMILES string of the molecule is CC(NS(=O)(=O)c1cncc(C#CCO)c1)C(N)=O. The van der Waals surface area contributed by atoms with Gasteiger partial charge in [0.1, 0.15) is 11.5 Å². The lowest BCUT2D eigenvalue weighted by Gasteiger charge is -2.10. The zero-order valence-electron chi connectivity index (χ0n) is 10.1. The van der Waals surface area contributed by atoms with Gasteiger partial charge in [0.2, 0.25) is 15.9 Å². The molecule has 1 aromatic heterocycles. The number of nitrogens with zero attached hydrogens (tertiary/aromatic N) is 1. The Hall–Kier alpha value is -1.95. The van der Waals surface area contributed by atoms with Crippen molar-refractivity contribution in [2.24, 2.45) is 5.73 Å². The van der Waals surface area contributed by atoms with E-state index in [0.29, 0.717) is 5.56 Å². The summed E-state index contributed by atoms with van der Waals surface area (Å²) in [5, 5.41) is 8.56. The number of carbonyl (C=O) groups excluding carboxylic acids is 1. The predicted molar refractivity (Wildman–Crippen MR) is 67.2 cm³/mol. The Morgan fingerprint density at radius 2 is 2.26 bits per heavy atom. The number of rotatable bonds is 4. The maximum Gasteiger partial charge on any atom is 0.242 e. The number of carbonyl (C=O) groups is 1. The lowest BCUT2D eigenvalue weighted by atomic mass is 10.3. The fourth-order valence-electron chi connectivity index (χ4n) is 1.13. The number of nitrogens with one attached hydrogen (secondary N) is 1. The molecule has 8 heteroatoms. The number of hydrogen-bond donors (Lipinski definition) is 3. The molecule has 0 saturated carbocycles. The Labute approximate surface area is 110 Å². The van der Waals surface area contributed by atoms with Gasteiger partial charge in [0, 0.05) is 18.0 Å². The third kappa shape index (κ3) is 4.33. The number of hydrogen-bond acceptors (Lipinski definition) is 5. The Balaban J connectivity index is 3.05. The predicted octanol–water partition coefficient (Wildman–Crippen LogP) is -1.42. The molecular weight excluding hydrogens is 270 g/mol. The summed E-state index contributed by atoms with van der Waals surface area (Å²) in [5.41, 5.74) is 5.32. The molecule has 4 N–H and O–H groups in total. The van der Waals surface area contributed by atoms with Gasteiger partial charge in [-0.25, -0.2) is 8.42 Å². The van der Waals surface area contributed by atoms with Gasteiger partial charge in [0.05, 0.1) is 6.04 Å². The highest BCUT2D eigenvalue weighted by Gasteiger charge is 2.20. The van der Waals surface area contributed by atoms with Crippen LogP contribution in [0.4, 0.5) is 0 Å². The molecule has 0 aromatic carbocycles. The van der Waals surface area contributed by atoms with E-state index in [4.69, 9.17) is 10.8 Å². The van der Waals surface area contributed by atoms with Crippen molar-refractivity contribution < 1.29 is 18.3 Å². The standard InChI is InChI=1S/C11H13N3O4S/c1-8(11(12)16)14-19(17,18)10-5-9(3-2-4-15)6-13-7-10/h5-8,14-15H,4H2,1H3,(H2,12,16). The number of sulfonamides is 1. The second-order valence-corrected chi connectivity index (χ2v) is 5.33. The van der Waals surface area contributed by atoms with Gasteiger partial charge in [-0.1, -0.05) is 11.8 Å². The van der Waals surface area contributed by atoms with Crippen LogP contribution >= 0.6 is 0 Å². The molecule has 1 heterocycles. The number of aliphatic hydroxyl groups is 1. The van der Waals surface area contributed by atoms with Crippen LogP contribution in [0.1, 0.15) is 12.5 Å². The summed E-state index contributed by atoms with van der Waals surface area (Å²) >= 11 is 0. The second-order valence-electron chi connectivity index (χ2n) is 3.61. The summed E-state index contributed by atoms with van der Waals surface area (Å²) in [5.74, 6) is 4.13. The highest BCUT2D eigenvalue weighted by atomic mass is 32.2. The van der Waals surface area contributed by atoms with Gasteiger partial charge in [-0.05, 0) is 13.0 Å². The van der Waals surface area contributed by atoms with Gasteiger partial charge in [0.25, 0.3) is 0 Å². The summed E-state index contributed by atoms with van der Waals surface area (Å²) in [6, 6.07) is 0.253. The van der Waals surface area contributed by atoms with Crippen LogP contribution in [0.2, 0.25) is 0 Å². The smallest absolute Gasteiger partial charge is 0.242 e. The molecule has 0 aliphatic heterocycles. The lowest BCUT2D eigenvalue weighted by Crippen LogP contribution is -2.42. The van der Waals surface area contributed by atoms with Crippen molar-refractivity contribution in [1.82, 2.24) is 9.71 Å². The topological polar surface area (TPSA) is 122 Å². The number of primary amides is 1. The van der Waals surface area contributed by atoms with Gasteiger partial charge < -0.3 is 10.8 Å². The van der Waals surface area contributed by atoms with Gasteiger partial charge in [-0.3, -0.25) is 9.78 Å². The highest BCUT2D eigenvalue weighted by Crippen LogP contribution is 2.09. The monoisotopic (exact) mass is 283 g/mol. The molecule has 0 aliphatic rings. The molecule has 1 aromatic rings. The third-order valence-corrected chi connectivity index (χ3v) is 3.60. The largest absolute Gasteiger partial charge is 0.384 e. The molecule has 0 radical (unpaired) electrons. The molecule has 0 spiro atoms. The summed E-state index contributed by atoms with van der Waals surface area (Å²) < 4.78 is 25.9. The van der Waals surface area contributed by atoms with Gasteiger partial charge in [-0.15, -0.1) is 0 Å². The van der Waals surface area contributed by atoms with E-state index in [0.717, 1.165) is 6.20 Å². The molecule has 19 heavy (non-hydrogen) atoms. The van der Waals surface area contributed by atoms with E-state index in [1.165, 1.54) is 19.2 Å². The van der Waals surface area contributed by atoms with Crippen molar-refractivity contribution in [2.75, 3.05) is 6.61 Å². The van der Waals surface area contributed by atoms with Crippen LogP contribution < -0.4 is 10.5 Å². The number of aliphatic hydroxyl groups excluding tert-OH is 1. The Morgan fingerprint density at radius 3 is 2.84 bits per heavy atom. The number of aromatic nitrogens is 1. The average Bonchev–Trinajstić information content (AvgIpc) is 2.36. The van der Waals surface area contributed by atoms with Crippen molar-refractivity contribution in [1.29, 1.82) is 0 Å². The first-order chi connectivity index (χ1) is 8.86. The molecule has 1 rings (SSSR count). The van der Waals surface area contributed by atoms with Gasteiger partial charge in [-0.2, -0.15) is 4.72 Å². The van der Waals surface area contributed by atoms with Crippen LogP contribution in [0.15, 0.2) is 23.4 Å². The highest BCUT2D eigenvalue weighted by molar-refractivity contribution is 7.89. The molecule has 1 atom stereocenters. The van der Waals surface area contributed by atoms with E-state index >= 15 is 0 Å². The Morgan fingerprint density at radius 1 is 1.58 bits per heavy atom. The average molecular weight is 283 g/mol. The fourth-order valence-corrected chi connectivity index (χ4v) is 2.33. The molecule has 1 amide bonds. The van der Waals surface area contributed by atoms with Crippen LogP contribution in [0.25, 0.3) is 0 Å². The second kappa shape index (κ2) is 6.29. The summed E-state index contributed by atoms with van der Waals surface area (Å²) in [4.78, 5) is 14.4. The minimum atomic E-state index is -3.90. The van der Waals surface area contributed by atoms with Crippen molar-refractivity contribution in [3.8, 4) is 11.8 Å². The van der Waals surface area contributed by atoms with Crippen molar-refractivity contribution >= 4 is 15.9 Å². The van der Waals surface area contributed by atoms with E-state index in [9.17, 15) is 13.2 Å². The molecule has 7 nitrogen and oxygen atoms in total. The molecule has 1 unspecified atom stereocenters. The van der Waals surface area contributed by atoms with Crippen molar-refractivity contribution in [3.63, 3.8) is 0 Å². The minimum Gasteiger partial charge on any atom is -0.384 e. The summed E-state index contributed by atoms with van der Waals surface area (Å²) in [7, 11) is -3.90. The first-order valence-electron chi connectivity index (χ1n) is 5.23. The van der Waals surface area contributed by atoms with Crippen LogP contribution in [0.3, 0.4) is 0 Å². The first-order valence-corrected chi connectivity index (χ1v) is 6.71. The zero-order valence-corrected chi connectivity index (χ0v) is 10.9. The number of nitrogens with two attached hydrogens (primary N) is 1. The van der Waals surface area contributed by atoms with E-state index in [1.807, 2.05) is 0 Å². The van der Waals surface area contributed by atoms with Crippen LogP contribution in [0.5, 0.6) is 0 Å². The van der Waals surface area contributed by atoms with E-state index in [2.05, 4.69) is 21.5 Å². The first kappa shape index (κ1) is 15.1. The summed E-state index contributed by atoms with van der Waals surface area (Å²) in [6.07, 6.45) is 2.49. The van der Waals surface area contributed by atoms with Crippen molar-refractivity contribution in [3.05, 3.63) is 24.0 Å². The molecule has 0 bridgehead atoms. The third-order valence-electron chi connectivity index (χ3n) is 2.09. The van der Waals surface area contributed by atoms with E-state index in [1.54, 1.807) is 0 Å². The molecule has 0 saturated heterocycles. The number of amides is 1. The van der Waals surface area contributed by atoms with Crippen LogP contribution in [-0.2, 0) is 14.8 Å². The summed E-state index contributed by atoms with van der Waals surface area (Å²) in [6.45, 7) is 0.997. The van der Waals surface area contributed by atoms with Gasteiger partial charge >= 0.3 is 0 Å². The molecule has 0 aliphatic carbocycles. The quantitative estimate of drug-likeness (QED) is 0.585. The van der Waals surface area contributed by atoms with E-state index in [-0.39, 0.29) is 11.5 Å². The Bertz CT molecular complexity index is 631. The molecular formula is C11H13N3O4S. The maximum atomic E-state index is 11.9. The lowest BCUT2D eigenvalue weighted by molar-refractivity contribution is -0.119.